The standard InChI is InChI=1S/C19H23NO2/c1-3-7-17(8-4-1)11-21-15-19(13-20-14-19)16-22-12-18-9-5-2-6-10-18/h1-10,20H,11-16H2. The van der Waals surface area contributed by atoms with E-state index in [-0.39, 0.29) is 5.41 Å². The van der Waals surface area contributed by atoms with Crippen LogP contribution in [0.5, 0.6) is 0 Å². The lowest BCUT2D eigenvalue weighted by Gasteiger charge is -2.42. The van der Waals surface area contributed by atoms with Crippen molar-refractivity contribution in [3.05, 3.63) is 71.8 Å². The Bertz CT molecular complexity index is 505. The first-order valence-electron chi connectivity index (χ1n) is 7.80. The molecule has 2 aromatic carbocycles. The van der Waals surface area contributed by atoms with Crippen LogP contribution in [-0.2, 0) is 22.7 Å². The van der Waals surface area contributed by atoms with Crippen molar-refractivity contribution in [2.45, 2.75) is 13.2 Å². The van der Waals surface area contributed by atoms with Gasteiger partial charge in [0.2, 0.25) is 0 Å². The fourth-order valence-corrected chi connectivity index (χ4v) is 2.64. The SMILES string of the molecule is c1ccc(COCC2(COCc3ccccc3)CNC2)cc1. The van der Waals surface area contributed by atoms with Crippen LogP contribution in [0.4, 0.5) is 0 Å². The lowest BCUT2D eigenvalue weighted by Crippen LogP contribution is -2.58. The summed E-state index contributed by atoms with van der Waals surface area (Å²) in [6.45, 7) is 4.75. The normalized spacial score (nSPS) is 16.2. The molecule has 1 N–H and O–H groups in total. The molecule has 1 saturated heterocycles. The molecule has 2 aromatic rings. The Morgan fingerprint density at radius 2 is 1.18 bits per heavy atom. The average Bonchev–Trinajstić information content (AvgIpc) is 2.54. The Kier molecular flexibility index (Phi) is 5.22. The predicted octanol–water partition coefficient (Wildman–Crippen LogP) is 3.01. The monoisotopic (exact) mass is 297 g/mol. The highest BCUT2D eigenvalue weighted by molar-refractivity contribution is 5.14. The lowest BCUT2D eigenvalue weighted by molar-refractivity contribution is -0.0593. The van der Waals surface area contributed by atoms with E-state index in [1.165, 1.54) is 11.1 Å². The predicted molar refractivity (Wildman–Crippen MR) is 87.5 cm³/mol. The topological polar surface area (TPSA) is 30.5 Å². The molecule has 1 heterocycles. The van der Waals surface area contributed by atoms with Crippen molar-refractivity contribution >= 4 is 0 Å². The van der Waals surface area contributed by atoms with Crippen LogP contribution >= 0.6 is 0 Å². The van der Waals surface area contributed by atoms with E-state index in [1.807, 2.05) is 36.4 Å². The zero-order valence-electron chi connectivity index (χ0n) is 12.8. The molecular formula is C19H23NO2. The van der Waals surface area contributed by atoms with Crippen molar-refractivity contribution in [3.8, 4) is 0 Å². The quantitative estimate of drug-likeness (QED) is 0.812. The molecule has 0 spiro atoms. The molecule has 0 radical (unpaired) electrons. The molecule has 1 fully saturated rings. The van der Waals surface area contributed by atoms with Crippen molar-refractivity contribution < 1.29 is 9.47 Å². The smallest absolute Gasteiger partial charge is 0.0717 e. The van der Waals surface area contributed by atoms with Crippen LogP contribution in [0.25, 0.3) is 0 Å². The molecule has 0 bridgehead atoms. The van der Waals surface area contributed by atoms with Gasteiger partial charge in [-0.1, -0.05) is 60.7 Å². The second kappa shape index (κ2) is 7.54. The van der Waals surface area contributed by atoms with Gasteiger partial charge in [0.15, 0.2) is 0 Å². The minimum absolute atomic E-state index is 0.129. The Labute approximate surface area is 132 Å². The second-order valence-electron chi connectivity index (χ2n) is 6.06. The maximum atomic E-state index is 5.91. The highest BCUT2D eigenvalue weighted by atomic mass is 16.5. The summed E-state index contributed by atoms with van der Waals surface area (Å²) in [6.07, 6.45) is 0. The molecule has 3 heteroatoms. The molecule has 0 unspecified atom stereocenters. The molecule has 116 valence electrons. The van der Waals surface area contributed by atoms with Crippen molar-refractivity contribution in [1.29, 1.82) is 0 Å². The molecule has 0 atom stereocenters. The maximum Gasteiger partial charge on any atom is 0.0717 e. The third kappa shape index (κ3) is 4.17. The Balaban J connectivity index is 1.42. The number of nitrogens with one attached hydrogen (secondary N) is 1. The molecule has 0 aromatic heterocycles. The van der Waals surface area contributed by atoms with Gasteiger partial charge in [0.1, 0.15) is 0 Å². The van der Waals surface area contributed by atoms with E-state index in [0.717, 1.165) is 26.3 Å². The van der Waals surface area contributed by atoms with Crippen LogP contribution < -0.4 is 5.32 Å². The molecular weight excluding hydrogens is 274 g/mol. The van der Waals surface area contributed by atoms with Crippen LogP contribution in [0.15, 0.2) is 60.7 Å². The zero-order chi connectivity index (χ0) is 15.1. The van der Waals surface area contributed by atoms with Gasteiger partial charge in [-0.25, -0.2) is 0 Å². The maximum absolute atomic E-state index is 5.91. The van der Waals surface area contributed by atoms with E-state index in [9.17, 15) is 0 Å². The fourth-order valence-electron chi connectivity index (χ4n) is 2.64. The molecule has 3 rings (SSSR count). The van der Waals surface area contributed by atoms with Gasteiger partial charge in [-0.2, -0.15) is 0 Å². The van der Waals surface area contributed by atoms with E-state index < -0.39 is 0 Å². The average molecular weight is 297 g/mol. The van der Waals surface area contributed by atoms with Crippen LogP contribution in [0.2, 0.25) is 0 Å². The van der Waals surface area contributed by atoms with E-state index in [1.54, 1.807) is 0 Å². The van der Waals surface area contributed by atoms with Crippen molar-refractivity contribution in [1.82, 2.24) is 5.32 Å². The summed E-state index contributed by atoms with van der Waals surface area (Å²) in [5.41, 5.74) is 2.56. The van der Waals surface area contributed by atoms with Gasteiger partial charge in [-0.3, -0.25) is 0 Å². The van der Waals surface area contributed by atoms with Crippen molar-refractivity contribution in [3.63, 3.8) is 0 Å². The van der Waals surface area contributed by atoms with Gasteiger partial charge in [0, 0.05) is 18.5 Å². The van der Waals surface area contributed by atoms with Gasteiger partial charge in [-0.15, -0.1) is 0 Å². The highest BCUT2D eigenvalue weighted by Crippen LogP contribution is 2.24. The van der Waals surface area contributed by atoms with E-state index in [2.05, 4.69) is 29.6 Å². The van der Waals surface area contributed by atoms with Crippen molar-refractivity contribution in [2.75, 3.05) is 26.3 Å². The third-order valence-electron chi connectivity index (χ3n) is 4.04. The molecule has 3 nitrogen and oxygen atoms in total. The molecule has 1 aliphatic heterocycles. The summed E-state index contributed by atoms with van der Waals surface area (Å²) in [5.74, 6) is 0. The van der Waals surface area contributed by atoms with E-state index in [4.69, 9.17) is 9.47 Å². The number of hydrogen-bond acceptors (Lipinski definition) is 3. The summed E-state index contributed by atoms with van der Waals surface area (Å²) < 4.78 is 11.8. The number of rotatable bonds is 8. The summed E-state index contributed by atoms with van der Waals surface area (Å²) in [4.78, 5) is 0. The number of ether oxygens (including phenoxy) is 2. The Morgan fingerprint density at radius 1 is 0.727 bits per heavy atom. The third-order valence-corrected chi connectivity index (χ3v) is 4.04. The second-order valence-corrected chi connectivity index (χ2v) is 6.06. The zero-order valence-corrected chi connectivity index (χ0v) is 12.8. The van der Waals surface area contributed by atoms with Crippen LogP contribution in [0, 0.1) is 5.41 Å². The summed E-state index contributed by atoms with van der Waals surface area (Å²) in [6, 6.07) is 20.6. The lowest BCUT2D eigenvalue weighted by atomic mass is 9.83. The minimum atomic E-state index is 0.129. The largest absolute Gasteiger partial charge is 0.376 e. The van der Waals surface area contributed by atoms with Gasteiger partial charge < -0.3 is 14.8 Å². The van der Waals surface area contributed by atoms with E-state index >= 15 is 0 Å². The minimum Gasteiger partial charge on any atom is -0.376 e. The van der Waals surface area contributed by atoms with Gasteiger partial charge in [0.25, 0.3) is 0 Å². The number of benzene rings is 2. The van der Waals surface area contributed by atoms with Crippen LogP contribution in [-0.4, -0.2) is 26.3 Å². The Hall–Kier alpha value is -1.68. The van der Waals surface area contributed by atoms with E-state index in [0.29, 0.717) is 13.2 Å². The molecule has 22 heavy (non-hydrogen) atoms. The van der Waals surface area contributed by atoms with Gasteiger partial charge >= 0.3 is 0 Å². The first-order chi connectivity index (χ1) is 10.9. The fraction of sp³-hybridized carbons (Fsp3) is 0.368. The van der Waals surface area contributed by atoms with Crippen molar-refractivity contribution in [2.24, 2.45) is 5.41 Å². The Morgan fingerprint density at radius 3 is 1.55 bits per heavy atom. The first-order valence-corrected chi connectivity index (χ1v) is 7.80. The summed E-state index contributed by atoms with van der Waals surface area (Å²) in [7, 11) is 0. The molecule has 0 aliphatic carbocycles. The van der Waals surface area contributed by atoms with Crippen LogP contribution in [0.3, 0.4) is 0 Å². The van der Waals surface area contributed by atoms with Gasteiger partial charge in [-0.05, 0) is 11.1 Å². The molecule has 0 amide bonds. The summed E-state index contributed by atoms with van der Waals surface area (Å²) >= 11 is 0. The van der Waals surface area contributed by atoms with Gasteiger partial charge in [0.05, 0.1) is 26.4 Å². The first kappa shape index (κ1) is 15.2. The van der Waals surface area contributed by atoms with Crippen LogP contribution in [0.1, 0.15) is 11.1 Å². The highest BCUT2D eigenvalue weighted by Gasteiger charge is 2.37. The molecule has 0 saturated carbocycles. The summed E-state index contributed by atoms with van der Waals surface area (Å²) in [5, 5.41) is 3.34. The molecule has 1 aliphatic rings. The number of hydrogen-bond donors (Lipinski definition) is 1.